The van der Waals surface area contributed by atoms with Crippen molar-refractivity contribution in [3.8, 4) is 5.75 Å². The average Bonchev–Trinajstić information content (AvgIpc) is 2.51. The molecule has 0 saturated heterocycles. The lowest BCUT2D eigenvalue weighted by molar-refractivity contribution is -0.117. The molecule has 0 bridgehead atoms. The molecule has 1 aliphatic rings. The minimum Gasteiger partial charge on any atom is -0.492 e. The number of halogens is 1. The number of rotatable bonds is 4. The maximum atomic E-state index is 12.0. The normalized spacial score (nSPS) is 13.6. The van der Waals surface area contributed by atoms with Gasteiger partial charge in [-0.05, 0) is 36.4 Å². The SMILES string of the molecule is O=C1CNc2ccccc2N1CCOc1ccc(Br)cc1. The predicted octanol–water partition coefficient (Wildman–Crippen LogP) is 3.29. The van der Waals surface area contributed by atoms with Gasteiger partial charge in [0.1, 0.15) is 12.4 Å². The highest BCUT2D eigenvalue weighted by molar-refractivity contribution is 9.10. The summed E-state index contributed by atoms with van der Waals surface area (Å²) in [4.78, 5) is 13.8. The highest BCUT2D eigenvalue weighted by Gasteiger charge is 2.22. The molecule has 1 aliphatic heterocycles. The van der Waals surface area contributed by atoms with Crippen molar-refractivity contribution in [2.75, 3.05) is 29.9 Å². The first-order valence-electron chi connectivity index (χ1n) is 6.76. The largest absolute Gasteiger partial charge is 0.492 e. The molecule has 0 atom stereocenters. The molecule has 21 heavy (non-hydrogen) atoms. The van der Waals surface area contributed by atoms with E-state index < -0.39 is 0 Å². The highest BCUT2D eigenvalue weighted by Crippen LogP contribution is 2.28. The summed E-state index contributed by atoms with van der Waals surface area (Å²) in [7, 11) is 0. The summed E-state index contributed by atoms with van der Waals surface area (Å²) in [6, 6.07) is 15.5. The molecule has 0 radical (unpaired) electrons. The Balaban J connectivity index is 1.65. The molecule has 2 aromatic carbocycles. The van der Waals surface area contributed by atoms with Crippen LogP contribution >= 0.6 is 15.9 Å². The van der Waals surface area contributed by atoms with E-state index in [4.69, 9.17) is 4.74 Å². The second kappa shape index (κ2) is 6.18. The van der Waals surface area contributed by atoms with Crippen molar-refractivity contribution < 1.29 is 9.53 Å². The van der Waals surface area contributed by atoms with Crippen LogP contribution in [-0.2, 0) is 4.79 Å². The molecule has 0 saturated carbocycles. The Morgan fingerprint density at radius 1 is 1.14 bits per heavy atom. The zero-order chi connectivity index (χ0) is 14.7. The molecule has 108 valence electrons. The van der Waals surface area contributed by atoms with Gasteiger partial charge in [-0.25, -0.2) is 0 Å². The summed E-state index contributed by atoms with van der Waals surface area (Å²) in [5.74, 6) is 0.863. The van der Waals surface area contributed by atoms with E-state index >= 15 is 0 Å². The van der Waals surface area contributed by atoms with E-state index in [1.54, 1.807) is 4.90 Å². The lowest BCUT2D eigenvalue weighted by Gasteiger charge is -2.30. The molecule has 3 rings (SSSR count). The van der Waals surface area contributed by atoms with Gasteiger partial charge in [-0.3, -0.25) is 4.79 Å². The average molecular weight is 347 g/mol. The van der Waals surface area contributed by atoms with Crippen molar-refractivity contribution >= 4 is 33.2 Å². The van der Waals surface area contributed by atoms with E-state index in [2.05, 4.69) is 21.2 Å². The molecule has 2 aromatic rings. The fraction of sp³-hybridized carbons (Fsp3) is 0.188. The fourth-order valence-corrected chi connectivity index (χ4v) is 2.55. The second-order valence-corrected chi connectivity index (χ2v) is 5.63. The number of benzene rings is 2. The monoisotopic (exact) mass is 346 g/mol. The van der Waals surface area contributed by atoms with Gasteiger partial charge in [0.15, 0.2) is 0 Å². The smallest absolute Gasteiger partial charge is 0.246 e. The van der Waals surface area contributed by atoms with Gasteiger partial charge < -0.3 is 15.0 Å². The zero-order valence-corrected chi connectivity index (χ0v) is 13.0. The number of nitrogens with one attached hydrogen (secondary N) is 1. The van der Waals surface area contributed by atoms with Gasteiger partial charge in [-0.15, -0.1) is 0 Å². The molecule has 0 spiro atoms. The van der Waals surface area contributed by atoms with Gasteiger partial charge in [0, 0.05) is 4.47 Å². The quantitative estimate of drug-likeness (QED) is 0.923. The number of fused-ring (bicyclic) bond motifs is 1. The number of amides is 1. The van der Waals surface area contributed by atoms with Gasteiger partial charge in [-0.1, -0.05) is 28.1 Å². The van der Waals surface area contributed by atoms with Crippen LogP contribution in [0.3, 0.4) is 0 Å². The minimum atomic E-state index is 0.0631. The number of nitrogens with zero attached hydrogens (tertiary/aromatic N) is 1. The molecule has 0 unspecified atom stereocenters. The zero-order valence-electron chi connectivity index (χ0n) is 11.4. The lowest BCUT2D eigenvalue weighted by atomic mass is 10.2. The molecular weight excluding hydrogens is 332 g/mol. The summed E-state index contributed by atoms with van der Waals surface area (Å²) in [5.41, 5.74) is 1.90. The molecular formula is C16H15BrN2O2. The van der Waals surface area contributed by atoms with E-state index in [1.165, 1.54) is 0 Å². The number of carbonyl (C=O) groups excluding carboxylic acids is 1. The molecule has 5 heteroatoms. The minimum absolute atomic E-state index is 0.0631. The van der Waals surface area contributed by atoms with Crippen molar-refractivity contribution in [2.24, 2.45) is 0 Å². The summed E-state index contributed by atoms with van der Waals surface area (Å²) < 4.78 is 6.71. The van der Waals surface area contributed by atoms with Gasteiger partial charge in [0.2, 0.25) is 5.91 Å². The van der Waals surface area contributed by atoms with Crippen molar-refractivity contribution in [3.05, 3.63) is 53.0 Å². The first-order chi connectivity index (χ1) is 10.2. The van der Waals surface area contributed by atoms with E-state index in [9.17, 15) is 4.79 Å². The Morgan fingerprint density at radius 2 is 1.90 bits per heavy atom. The van der Waals surface area contributed by atoms with Crippen LogP contribution in [0.2, 0.25) is 0 Å². The van der Waals surface area contributed by atoms with Gasteiger partial charge in [0.05, 0.1) is 24.5 Å². The topological polar surface area (TPSA) is 41.6 Å². The third kappa shape index (κ3) is 3.19. The summed E-state index contributed by atoms with van der Waals surface area (Å²) in [5, 5.41) is 3.12. The van der Waals surface area contributed by atoms with Gasteiger partial charge >= 0.3 is 0 Å². The Morgan fingerprint density at radius 3 is 2.71 bits per heavy atom. The third-order valence-corrected chi connectivity index (χ3v) is 3.85. The number of para-hydroxylation sites is 2. The van der Waals surface area contributed by atoms with Gasteiger partial charge in [-0.2, -0.15) is 0 Å². The van der Waals surface area contributed by atoms with Crippen LogP contribution in [0.4, 0.5) is 11.4 Å². The molecule has 0 aliphatic carbocycles. The molecule has 0 aromatic heterocycles. The highest BCUT2D eigenvalue weighted by atomic mass is 79.9. The van der Waals surface area contributed by atoms with Crippen LogP contribution < -0.4 is 15.0 Å². The van der Waals surface area contributed by atoms with E-state index in [1.807, 2.05) is 48.5 Å². The molecule has 4 nitrogen and oxygen atoms in total. The van der Waals surface area contributed by atoms with Crippen LogP contribution in [0.15, 0.2) is 53.0 Å². The second-order valence-electron chi connectivity index (χ2n) is 4.72. The summed E-state index contributed by atoms with van der Waals surface area (Å²) in [6.45, 7) is 1.32. The van der Waals surface area contributed by atoms with Crippen LogP contribution in [0.25, 0.3) is 0 Å². The standard InChI is InChI=1S/C16H15BrN2O2/c17-12-5-7-13(8-6-12)21-10-9-19-15-4-2-1-3-14(15)18-11-16(19)20/h1-8,18H,9-11H2. The Bertz CT molecular complexity index is 643. The van der Waals surface area contributed by atoms with Crippen molar-refractivity contribution in [2.45, 2.75) is 0 Å². The third-order valence-electron chi connectivity index (χ3n) is 3.32. The first-order valence-corrected chi connectivity index (χ1v) is 7.55. The molecule has 1 heterocycles. The van der Waals surface area contributed by atoms with Crippen LogP contribution in [0, 0.1) is 0 Å². The van der Waals surface area contributed by atoms with Crippen LogP contribution in [0.1, 0.15) is 0 Å². The number of hydrogen-bond donors (Lipinski definition) is 1. The predicted molar refractivity (Wildman–Crippen MR) is 86.9 cm³/mol. The van der Waals surface area contributed by atoms with E-state index in [0.717, 1.165) is 21.6 Å². The maximum Gasteiger partial charge on any atom is 0.246 e. The van der Waals surface area contributed by atoms with Crippen molar-refractivity contribution in [3.63, 3.8) is 0 Å². The van der Waals surface area contributed by atoms with Crippen LogP contribution in [-0.4, -0.2) is 25.6 Å². The molecule has 1 N–H and O–H groups in total. The lowest BCUT2D eigenvalue weighted by Crippen LogP contribution is -2.42. The molecule has 1 amide bonds. The van der Waals surface area contributed by atoms with E-state index in [-0.39, 0.29) is 5.91 Å². The van der Waals surface area contributed by atoms with Crippen LogP contribution in [0.5, 0.6) is 5.75 Å². The Labute approximate surface area is 131 Å². The van der Waals surface area contributed by atoms with Crippen molar-refractivity contribution in [1.29, 1.82) is 0 Å². The number of hydrogen-bond acceptors (Lipinski definition) is 3. The van der Waals surface area contributed by atoms with Crippen molar-refractivity contribution in [1.82, 2.24) is 0 Å². The molecule has 0 fully saturated rings. The Hall–Kier alpha value is -2.01. The number of ether oxygens (including phenoxy) is 1. The Kier molecular flexibility index (Phi) is 4.10. The number of anilines is 2. The fourth-order valence-electron chi connectivity index (χ4n) is 2.29. The summed E-state index contributed by atoms with van der Waals surface area (Å²) in [6.07, 6.45) is 0. The van der Waals surface area contributed by atoms with Gasteiger partial charge in [0.25, 0.3) is 0 Å². The van der Waals surface area contributed by atoms with E-state index in [0.29, 0.717) is 19.7 Å². The first kappa shape index (κ1) is 13.9. The maximum absolute atomic E-state index is 12.0. The number of carbonyl (C=O) groups is 1. The summed E-state index contributed by atoms with van der Waals surface area (Å²) >= 11 is 3.39.